The van der Waals surface area contributed by atoms with Gasteiger partial charge in [-0.1, -0.05) is 12.5 Å². The average Bonchev–Trinajstić information content (AvgIpc) is 3.19. The third-order valence-corrected chi connectivity index (χ3v) is 7.48. The number of alkyl carbamates (subject to hydrolysis) is 1. The first-order valence-corrected chi connectivity index (χ1v) is 13.9. The fourth-order valence-corrected chi connectivity index (χ4v) is 5.51. The van der Waals surface area contributed by atoms with Crippen molar-refractivity contribution in [1.29, 1.82) is 0 Å². The largest absolute Gasteiger partial charge is 0.453 e. The fourth-order valence-electron chi connectivity index (χ4n) is 5.51. The smallest absolute Gasteiger partial charge is 0.406 e. The Morgan fingerprint density at radius 1 is 1.24 bits per heavy atom. The molecule has 1 aromatic rings. The number of urea groups is 1. The topological polar surface area (TPSA) is 101 Å². The summed E-state index contributed by atoms with van der Waals surface area (Å²) in [5.41, 5.74) is 1.70. The van der Waals surface area contributed by atoms with Gasteiger partial charge in [-0.15, -0.1) is 0 Å². The van der Waals surface area contributed by atoms with Crippen molar-refractivity contribution in [3.8, 4) is 0 Å². The Bertz CT molecular complexity index is 881. The van der Waals surface area contributed by atoms with E-state index in [2.05, 4.69) is 20.7 Å². The summed E-state index contributed by atoms with van der Waals surface area (Å²) in [6.07, 6.45) is 5.02. The maximum absolute atomic E-state index is 14.2. The Hall–Kier alpha value is -2.43. The molecule has 0 aromatic heterocycles. The van der Waals surface area contributed by atoms with E-state index in [0.29, 0.717) is 25.6 Å². The van der Waals surface area contributed by atoms with Crippen molar-refractivity contribution >= 4 is 12.1 Å². The number of likely N-dealkylation sites (N-methyl/N-ethyl adjacent to an activating group) is 1. The van der Waals surface area contributed by atoms with Gasteiger partial charge < -0.3 is 35.1 Å². The maximum atomic E-state index is 14.2. The number of nitrogens with zero attached hydrogens (tertiary/aromatic N) is 1. The van der Waals surface area contributed by atoms with Crippen molar-refractivity contribution in [2.24, 2.45) is 11.8 Å². The van der Waals surface area contributed by atoms with Crippen LogP contribution in [0.15, 0.2) is 18.2 Å². The normalized spacial score (nSPS) is 21.7. The van der Waals surface area contributed by atoms with Crippen LogP contribution in [0.3, 0.4) is 0 Å². The van der Waals surface area contributed by atoms with Crippen molar-refractivity contribution in [2.75, 3.05) is 60.2 Å². The highest BCUT2D eigenvalue weighted by atomic mass is 19.1. The number of halogens is 1. The molecule has 4 atom stereocenters. The molecule has 214 valence electrons. The Kier molecular flexibility index (Phi) is 12.6. The van der Waals surface area contributed by atoms with Gasteiger partial charge in [-0.25, -0.2) is 14.0 Å². The second-order valence-corrected chi connectivity index (χ2v) is 10.4. The molecule has 2 saturated heterocycles. The van der Waals surface area contributed by atoms with Crippen LogP contribution >= 0.6 is 0 Å². The minimum atomic E-state index is -0.529. The summed E-state index contributed by atoms with van der Waals surface area (Å²) in [5, 5.41) is 9.08. The molecule has 0 aliphatic carbocycles. The first-order chi connectivity index (χ1) is 18.4. The summed E-state index contributed by atoms with van der Waals surface area (Å²) in [6.45, 7) is 5.89. The standard InChI is InChI=1S/C28H45FN4O5/c1-20-9-10-23(29)16-25(20)26(38-14-11-31-28(35)36-3)22-8-6-12-33(18-22)27(34)32-24(17-30-2)15-21-7-4-5-13-37-19-21/h9-10,16,21-22,24,26,30H,4-8,11-15,17-19H2,1-3H3,(H,31,35)(H,32,34)/t21-,22-,24+,26-/m1/s1. The quantitative estimate of drug-likeness (QED) is 0.373. The lowest BCUT2D eigenvalue weighted by Gasteiger charge is -2.38. The third-order valence-electron chi connectivity index (χ3n) is 7.48. The molecule has 3 rings (SSSR count). The van der Waals surface area contributed by atoms with Crippen LogP contribution in [0.1, 0.15) is 55.8 Å². The average molecular weight is 537 g/mol. The number of amides is 3. The Morgan fingerprint density at radius 3 is 2.87 bits per heavy atom. The molecule has 10 heteroatoms. The van der Waals surface area contributed by atoms with Gasteiger partial charge >= 0.3 is 12.1 Å². The van der Waals surface area contributed by atoms with Crippen LogP contribution in [0.25, 0.3) is 0 Å². The first-order valence-electron chi connectivity index (χ1n) is 13.9. The zero-order chi connectivity index (χ0) is 27.3. The van der Waals surface area contributed by atoms with E-state index in [-0.39, 0.29) is 37.0 Å². The van der Waals surface area contributed by atoms with Crippen LogP contribution in [0.4, 0.5) is 14.0 Å². The third kappa shape index (κ3) is 9.39. The van der Waals surface area contributed by atoms with Gasteiger partial charge in [0.1, 0.15) is 5.82 Å². The molecule has 2 heterocycles. The Labute approximate surface area is 226 Å². The van der Waals surface area contributed by atoms with Gasteiger partial charge in [0, 0.05) is 51.4 Å². The van der Waals surface area contributed by atoms with Crippen molar-refractivity contribution in [3.05, 3.63) is 35.1 Å². The number of ether oxygens (including phenoxy) is 3. The number of hydrogen-bond donors (Lipinski definition) is 3. The Balaban J connectivity index is 1.66. The predicted octanol–water partition coefficient (Wildman–Crippen LogP) is 3.76. The number of carbonyl (C=O) groups is 2. The molecule has 2 aliphatic heterocycles. The number of carbonyl (C=O) groups excluding carboxylic acids is 2. The molecule has 0 unspecified atom stereocenters. The fraction of sp³-hybridized carbons (Fsp3) is 0.714. The summed E-state index contributed by atoms with van der Waals surface area (Å²) in [6, 6.07) is 4.65. The number of rotatable bonds is 11. The highest BCUT2D eigenvalue weighted by Gasteiger charge is 2.33. The zero-order valence-corrected chi connectivity index (χ0v) is 23.1. The molecule has 0 saturated carbocycles. The number of methoxy groups -OCH3 is 1. The van der Waals surface area contributed by atoms with Crippen LogP contribution in [-0.2, 0) is 14.2 Å². The van der Waals surface area contributed by atoms with Gasteiger partial charge in [0.2, 0.25) is 0 Å². The monoisotopic (exact) mass is 536 g/mol. The maximum Gasteiger partial charge on any atom is 0.406 e. The molecule has 2 aliphatic rings. The summed E-state index contributed by atoms with van der Waals surface area (Å²) < 4.78 is 30.8. The summed E-state index contributed by atoms with van der Waals surface area (Å²) in [5.74, 6) is 0.110. The minimum absolute atomic E-state index is 0.00821. The predicted molar refractivity (Wildman–Crippen MR) is 144 cm³/mol. The highest BCUT2D eigenvalue weighted by molar-refractivity contribution is 5.74. The van der Waals surface area contributed by atoms with E-state index in [4.69, 9.17) is 9.47 Å². The molecular formula is C28H45FN4O5. The van der Waals surface area contributed by atoms with Crippen LogP contribution in [0.2, 0.25) is 0 Å². The lowest BCUT2D eigenvalue weighted by molar-refractivity contribution is -0.00917. The molecular weight excluding hydrogens is 491 g/mol. The van der Waals surface area contributed by atoms with Crippen LogP contribution in [0, 0.1) is 24.6 Å². The van der Waals surface area contributed by atoms with E-state index in [9.17, 15) is 14.0 Å². The summed E-state index contributed by atoms with van der Waals surface area (Å²) >= 11 is 0. The van der Waals surface area contributed by atoms with Crippen LogP contribution < -0.4 is 16.0 Å². The molecule has 3 amide bonds. The molecule has 0 spiro atoms. The number of aryl methyl sites for hydroxylation is 1. The molecule has 38 heavy (non-hydrogen) atoms. The van der Waals surface area contributed by atoms with Crippen LogP contribution in [0.5, 0.6) is 0 Å². The van der Waals surface area contributed by atoms with Crippen LogP contribution in [-0.4, -0.2) is 83.2 Å². The molecule has 2 fully saturated rings. The molecule has 0 radical (unpaired) electrons. The number of benzene rings is 1. The Morgan fingerprint density at radius 2 is 2.08 bits per heavy atom. The van der Waals surface area contributed by atoms with Crippen molar-refractivity contribution < 1.29 is 28.2 Å². The second-order valence-electron chi connectivity index (χ2n) is 10.4. The van der Waals surface area contributed by atoms with E-state index >= 15 is 0 Å². The summed E-state index contributed by atoms with van der Waals surface area (Å²) in [4.78, 5) is 26.7. The minimum Gasteiger partial charge on any atom is -0.453 e. The van der Waals surface area contributed by atoms with Gasteiger partial charge in [0.15, 0.2) is 0 Å². The van der Waals surface area contributed by atoms with E-state index in [1.54, 1.807) is 6.07 Å². The number of piperidine rings is 1. The lowest BCUT2D eigenvalue weighted by Crippen LogP contribution is -2.52. The van der Waals surface area contributed by atoms with Crippen molar-refractivity contribution in [3.63, 3.8) is 0 Å². The second kappa shape index (κ2) is 15.9. The first kappa shape index (κ1) is 30.1. The van der Waals surface area contributed by atoms with Gasteiger partial charge in [-0.05, 0) is 75.3 Å². The van der Waals surface area contributed by atoms with Gasteiger partial charge in [-0.3, -0.25) is 0 Å². The van der Waals surface area contributed by atoms with E-state index in [1.165, 1.54) is 19.2 Å². The van der Waals surface area contributed by atoms with Gasteiger partial charge in [-0.2, -0.15) is 0 Å². The summed E-state index contributed by atoms with van der Waals surface area (Å²) in [7, 11) is 3.21. The van der Waals surface area contributed by atoms with E-state index in [0.717, 1.165) is 62.9 Å². The lowest BCUT2D eigenvalue weighted by atomic mass is 9.86. The molecule has 9 nitrogen and oxygen atoms in total. The van der Waals surface area contributed by atoms with Crippen molar-refractivity contribution in [1.82, 2.24) is 20.9 Å². The zero-order valence-electron chi connectivity index (χ0n) is 23.1. The SMILES string of the molecule is CNC[C@H](C[C@H]1CCCCOC1)NC(=O)N1CCC[C@@H]([C@@H](OCCNC(=O)OC)c2cc(F)ccc2C)C1. The van der Waals surface area contributed by atoms with Crippen molar-refractivity contribution in [2.45, 2.75) is 57.6 Å². The van der Waals surface area contributed by atoms with E-state index in [1.807, 2.05) is 18.9 Å². The van der Waals surface area contributed by atoms with Gasteiger partial charge in [0.25, 0.3) is 0 Å². The number of nitrogens with one attached hydrogen (secondary N) is 3. The van der Waals surface area contributed by atoms with E-state index < -0.39 is 12.2 Å². The molecule has 0 bridgehead atoms. The van der Waals surface area contributed by atoms with Gasteiger partial charge in [0.05, 0.1) is 19.8 Å². The number of likely N-dealkylation sites (tertiary alicyclic amines) is 1. The molecule has 3 N–H and O–H groups in total. The molecule has 1 aromatic carbocycles. The highest BCUT2D eigenvalue weighted by Crippen LogP contribution is 2.35. The number of hydrogen-bond acceptors (Lipinski definition) is 6.